The summed E-state index contributed by atoms with van der Waals surface area (Å²) >= 11 is 12.2. The van der Waals surface area contributed by atoms with Crippen LogP contribution in [0.2, 0.25) is 10.0 Å². The van der Waals surface area contributed by atoms with Crippen molar-refractivity contribution in [1.82, 2.24) is 4.90 Å². The van der Waals surface area contributed by atoms with Crippen molar-refractivity contribution in [2.75, 3.05) is 27.4 Å². The van der Waals surface area contributed by atoms with Crippen LogP contribution < -0.4 is 14.2 Å². The molecule has 5 nitrogen and oxygen atoms in total. The van der Waals surface area contributed by atoms with Crippen LogP contribution in [0.3, 0.4) is 0 Å². The second kappa shape index (κ2) is 8.72. The average molecular weight is 410 g/mol. The number of methoxy groups -OCH3 is 2. The molecule has 1 saturated heterocycles. The lowest BCUT2D eigenvalue weighted by Gasteiger charge is -2.27. The molecule has 0 saturated carbocycles. The molecule has 1 fully saturated rings. The summed E-state index contributed by atoms with van der Waals surface area (Å²) in [6, 6.07) is 10.6. The number of para-hydroxylation sites is 1. The molecule has 1 atom stereocenters. The molecule has 1 heterocycles. The molecule has 0 bridgehead atoms. The zero-order valence-electron chi connectivity index (χ0n) is 15.2. The molecule has 3 rings (SSSR count). The van der Waals surface area contributed by atoms with Gasteiger partial charge in [-0.05, 0) is 43.2 Å². The Hall–Kier alpha value is -2.11. The first kappa shape index (κ1) is 19.6. The lowest BCUT2D eigenvalue weighted by atomic mass is 10.0. The maximum atomic E-state index is 12.8. The van der Waals surface area contributed by atoms with Gasteiger partial charge in [-0.1, -0.05) is 29.3 Å². The molecule has 0 radical (unpaired) electrons. The second-order valence-electron chi connectivity index (χ2n) is 6.19. The molecule has 1 aliphatic heterocycles. The van der Waals surface area contributed by atoms with Crippen molar-refractivity contribution in [3.05, 3.63) is 52.0 Å². The van der Waals surface area contributed by atoms with Gasteiger partial charge in [0, 0.05) is 12.1 Å². The monoisotopic (exact) mass is 409 g/mol. The third-order valence-corrected chi connectivity index (χ3v) is 5.22. The summed E-state index contributed by atoms with van der Waals surface area (Å²) in [6.07, 6.45) is 1.76. The molecule has 144 valence electrons. The quantitative estimate of drug-likeness (QED) is 0.690. The summed E-state index contributed by atoms with van der Waals surface area (Å²) in [5.74, 6) is 1.65. The molecule has 1 amide bonds. The summed E-state index contributed by atoms with van der Waals surface area (Å²) in [5.41, 5.74) is 0.929. The first-order valence-corrected chi connectivity index (χ1v) is 9.39. The minimum atomic E-state index is -0.133. The highest BCUT2D eigenvalue weighted by molar-refractivity contribution is 6.37. The maximum Gasteiger partial charge on any atom is 0.261 e. The molecule has 0 spiro atoms. The molecule has 2 aromatic rings. The van der Waals surface area contributed by atoms with E-state index in [1.165, 1.54) is 0 Å². The van der Waals surface area contributed by atoms with Crippen LogP contribution >= 0.6 is 23.2 Å². The number of halogens is 2. The summed E-state index contributed by atoms with van der Waals surface area (Å²) in [4.78, 5) is 14.6. The smallest absolute Gasteiger partial charge is 0.261 e. The van der Waals surface area contributed by atoms with Crippen LogP contribution in [0.25, 0.3) is 0 Å². The first-order valence-electron chi connectivity index (χ1n) is 8.63. The van der Waals surface area contributed by atoms with Crippen LogP contribution in [-0.2, 0) is 4.79 Å². The minimum absolute atomic E-state index is 0.0899. The van der Waals surface area contributed by atoms with Crippen molar-refractivity contribution in [3.63, 3.8) is 0 Å². The summed E-state index contributed by atoms with van der Waals surface area (Å²) in [7, 11) is 3.24. The number of hydrogen-bond donors (Lipinski definition) is 0. The topological polar surface area (TPSA) is 48.0 Å². The summed E-state index contributed by atoms with van der Waals surface area (Å²) in [5, 5.41) is 0.755. The van der Waals surface area contributed by atoms with Crippen molar-refractivity contribution >= 4 is 29.1 Å². The molecule has 1 aliphatic rings. The number of nitrogens with zero attached hydrogens (tertiary/aromatic N) is 1. The number of carbonyl (C=O) groups is 1. The lowest BCUT2D eigenvalue weighted by molar-refractivity contribution is -0.134. The molecule has 27 heavy (non-hydrogen) atoms. The summed E-state index contributed by atoms with van der Waals surface area (Å²) in [6.45, 7) is 0.524. The SMILES string of the molecule is COc1ccc(OC)c(C2CCCN2C(=O)COc2c(Cl)cccc2Cl)c1. The van der Waals surface area contributed by atoms with Gasteiger partial charge in [-0.15, -0.1) is 0 Å². The van der Waals surface area contributed by atoms with Gasteiger partial charge < -0.3 is 19.1 Å². The van der Waals surface area contributed by atoms with Crippen molar-refractivity contribution in [1.29, 1.82) is 0 Å². The first-order chi connectivity index (χ1) is 13.0. The minimum Gasteiger partial charge on any atom is -0.497 e. The number of amides is 1. The van der Waals surface area contributed by atoms with Crippen molar-refractivity contribution in [3.8, 4) is 17.2 Å². The third-order valence-electron chi connectivity index (χ3n) is 4.63. The fourth-order valence-electron chi connectivity index (χ4n) is 3.33. The molecule has 1 unspecified atom stereocenters. The van der Waals surface area contributed by atoms with Gasteiger partial charge in [0.2, 0.25) is 0 Å². The van der Waals surface area contributed by atoms with Crippen LogP contribution in [0.4, 0.5) is 0 Å². The second-order valence-corrected chi connectivity index (χ2v) is 7.01. The van der Waals surface area contributed by atoms with Gasteiger partial charge in [-0.3, -0.25) is 4.79 Å². The molecular weight excluding hydrogens is 389 g/mol. The lowest BCUT2D eigenvalue weighted by Crippen LogP contribution is -2.34. The normalized spacial score (nSPS) is 16.3. The van der Waals surface area contributed by atoms with Crippen LogP contribution in [0, 0.1) is 0 Å². The Balaban J connectivity index is 1.77. The molecule has 0 aromatic heterocycles. The molecular formula is C20H21Cl2NO4. The van der Waals surface area contributed by atoms with E-state index in [1.807, 2.05) is 23.1 Å². The Kier molecular flexibility index (Phi) is 6.34. The average Bonchev–Trinajstić information content (AvgIpc) is 3.16. The molecule has 7 heteroatoms. The van der Waals surface area contributed by atoms with Crippen LogP contribution in [-0.4, -0.2) is 38.2 Å². The van der Waals surface area contributed by atoms with E-state index in [9.17, 15) is 4.79 Å². The zero-order valence-corrected chi connectivity index (χ0v) is 16.7. The predicted molar refractivity (Wildman–Crippen MR) is 105 cm³/mol. The Morgan fingerprint density at radius 3 is 2.56 bits per heavy atom. The highest BCUT2D eigenvalue weighted by atomic mass is 35.5. The fourth-order valence-corrected chi connectivity index (χ4v) is 3.83. The van der Waals surface area contributed by atoms with E-state index >= 15 is 0 Å². The van der Waals surface area contributed by atoms with Crippen LogP contribution in [0.15, 0.2) is 36.4 Å². The van der Waals surface area contributed by atoms with E-state index in [1.54, 1.807) is 32.4 Å². The Morgan fingerprint density at radius 2 is 1.89 bits per heavy atom. The number of rotatable bonds is 6. The van der Waals surface area contributed by atoms with Gasteiger partial charge in [0.15, 0.2) is 12.4 Å². The zero-order chi connectivity index (χ0) is 19.4. The van der Waals surface area contributed by atoms with Gasteiger partial charge in [0.05, 0.1) is 30.3 Å². The number of ether oxygens (including phenoxy) is 3. The van der Waals surface area contributed by atoms with E-state index in [4.69, 9.17) is 37.4 Å². The van der Waals surface area contributed by atoms with Crippen LogP contribution in [0.1, 0.15) is 24.4 Å². The van der Waals surface area contributed by atoms with Gasteiger partial charge in [-0.2, -0.15) is 0 Å². The number of likely N-dealkylation sites (tertiary alicyclic amines) is 1. The Morgan fingerprint density at radius 1 is 1.15 bits per heavy atom. The molecule has 0 N–H and O–H groups in total. The van der Waals surface area contributed by atoms with Gasteiger partial charge in [-0.25, -0.2) is 0 Å². The van der Waals surface area contributed by atoms with Crippen molar-refractivity contribution in [2.45, 2.75) is 18.9 Å². The predicted octanol–water partition coefficient (Wildman–Crippen LogP) is 4.75. The van der Waals surface area contributed by atoms with Crippen LogP contribution in [0.5, 0.6) is 17.2 Å². The Bertz CT molecular complexity index is 807. The van der Waals surface area contributed by atoms with Gasteiger partial charge in [0.25, 0.3) is 5.91 Å². The molecule has 0 aliphatic carbocycles. The number of carbonyl (C=O) groups excluding carboxylic acids is 1. The Labute approximate surface area is 168 Å². The van der Waals surface area contributed by atoms with E-state index in [-0.39, 0.29) is 18.6 Å². The van der Waals surface area contributed by atoms with Gasteiger partial charge in [0.1, 0.15) is 11.5 Å². The molecule has 2 aromatic carbocycles. The standard InChI is InChI=1S/C20H21Cl2NO4/c1-25-13-8-9-18(26-2)14(11-13)17-7-4-10-23(17)19(24)12-27-20-15(21)5-3-6-16(20)22/h3,5-6,8-9,11,17H,4,7,10,12H2,1-2H3. The number of benzene rings is 2. The largest absolute Gasteiger partial charge is 0.497 e. The third kappa shape index (κ3) is 4.25. The van der Waals surface area contributed by atoms with E-state index in [0.29, 0.717) is 22.3 Å². The van der Waals surface area contributed by atoms with Crippen molar-refractivity contribution in [2.24, 2.45) is 0 Å². The van der Waals surface area contributed by atoms with Gasteiger partial charge >= 0.3 is 0 Å². The van der Waals surface area contributed by atoms with E-state index in [0.717, 1.165) is 29.9 Å². The summed E-state index contributed by atoms with van der Waals surface area (Å²) < 4.78 is 16.4. The highest BCUT2D eigenvalue weighted by Gasteiger charge is 2.32. The number of hydrogen-bond acceptors (Lipinski definition) is 4. The fraction of sp³-hybridized carbons (Fsp3) is 0.350. The maximum absolute atomic E-state index is 12.8. The van der Waals surface area contributed by atoms with E-state index < -0.39 is 0 Å². The van der Waals surface area contributed by atoms with Crippen molar-refractivity contribution < 1.29 is 19.0 Å². The van der Waals surface area contributed by atoms with E-state index in [2.05, 4.69) is 0 Å². The highest BCUT2D eigenvalue weighted by Crippen LogP contribution is 2.39.